The van der Waals surface area contributed by atoms with Gasteiger partial charge in [-0.25, -0.2) is 9.37 Å². The number of alkyl halides is 1. The Morgan fingerprint density at radius 2 is 1.93 bits per heavy atom. The summed E-state index contributed by atoms with van der Waals surface area (Å²) in [4.78, 5) is 8.87. The van der Waals surface area contributed by atoms with Gasteiger partial charge in [0.1, 0.15) is 29.7 Å². The molecule has 0 spiro atoms. The van der Waals surface area contributed by atoms with Gasteiger partial charge in [-0.3, -0.25) is 4.98 Å². The van der Waals surface area contributed by atoms with Crippen molar-refractivity contribution >= 4 is 11.1 Å². The van der Waals surface area contributed by atoms with Crippen LogP contribution < -0.4 is 10.5 Å². The number of ether oxygens (including phenoxy) is 1. The van der Waals surface area contributed by atoms with Gasteiger partial charge >= 0.3 is 0 Å². The summed E-state index contributed by atoms with van der Waals surface area (Å²) in [5, 5.41) is 0. The van der Waals surface area contributed by atoms with Gasteiger partial charge in [0.05, 0.1) is 0 Å². The number of hydrogen-bond donors (Lipinski definition) is 1. The van der Waals surface area contributed by atoms with Crippen molar-refractivity contribution < 1.29 is 13.5 Å². The number of rotatable bonds is 7. The maximum Gasteiger partial charge on any atom is 0.246 e. The summed E-state index contributed by atoms with van der Waals surface area (Å²) >= 11 is 0. The number of aromatic nitrogens is 2. The first kappa shape index (κ1) is 21.8. The number of oxazole rings is 1. The molecule has 0 saturated carbocycles. The second kappa shape index (κ2) is 10.8. The van der Waals surface area contributed by atoms with E-state index in [2.05, 4.69) is 23.8 Å². The number of halogens is 1. The van der Waals surface area contributed by atoms with Gasteiger partial charge < -0.3 is 14.9 Å². The Balaban J connectivity index is 0.000000878. The molecule has 0 amide bonds. The minimum atomic E-state index is -1.02. The highest BCUT2D eigenvalue weighted by Gasteiger charge is 2.11. The largest absolute Gasteiger partial charge is 0.490 e. The molecular formula is C22H30FN3O2. The molecule has 2 heterocycles. The molecule has 2 N–H and O–H groups in total. The maximum absolute atomic E-state index is 12.9. The van der Waals surface area contributed by atoms with Crippen LogP contribution in [0.3, 0.4) is 0 Å². The minimum absolute atomic E-state index is 0.0108. The normalized spacial score (nSPS) is 12.9. The first-order valence-corrected chi connectivity index (χ1v) is 9.81. The predicted molar refractivity (Wildman–Crippen MR) is 111 cm³/mol. The van der Waals surface area contributed by atoms with Crippen molar-refractivity contribution in [1.29, 1.82) is 0 Å². The molecule has 3 rings (SSSR count). The van der Waals surface area contributed by atoms with E-state index in [1.165, 1.54) is 13.3 Å². The van der Waals surface area contributed by atoms with E-state index in [1.807, 2.05) is 25.3 Å². The molecule has 6 heteroatoms. The van der Waals surface area contributed by atoms with E-state index in [0.717, 1.165) is 18.4 Å². The fourth-order valence-corrected chi connectivity index (χ4v) is 2.41. The van der Waals surface area contributed by atoms with E-state index >= 15 is 0 Å². The third-order valence-electron chi connectivity index (χ3n) is 3.77. The van der Waals surface area contributed by atoms with Crippen molar-refractivity contribution in [1.82, 2.24) is 9.97 Å². The molecule has 0 aliphatic heterocycles. The highest BCUT2D eigenvalue weighted by atomic mass is 19.1. The lowest BCUT2D eigenvalue weighted by molar-refractivity contribution is 0.210. The lowest BCUT2D eigenvalue weighted by atomic mass is 10.1. The molecule has 0 aliphatic rings. The standard InChI is InChI=1S/C19H22FN3O2.C3H8/c1-12(20)11-24-15-6-8-16-18(9-15)25-19(23-16)17-7-5-14(10-22-17)4-3-13(2)21;1-3-2/h5-10,12-13H,3-4,11,21H2,1-2H3;3H2,1-2H3/t12?,13-;/m0./s1. The number of fused-ring (bicyclic) bond motifs is 1. The topological polar surface area (TPSA) is 74.2 Å². The van der Waals surface area contributed by atoms with Crippen molar-refractivity contribution in [2.24, 2.45) is 5.73 Å². The fourth-order valence-electron chi connectivity index (χ4n) is 2.41. The zero-order chi connectivity index (χ0) is 20.5. The monoisotopic (exact) mass is 387 g/mol. The summed E-state index contributed by atoms with van der Waals surface area (Å²) < 4.78 is 24.0. The molecule has 0 bridgehead atoms. The lowest BCUT2D eigenvalue weighted by Gasteiger charge is -2.05. The molecule has 3 aromatic rings. The summed E-state index contributed by atoms with van der Waals surface area (Å²) in [7, 11) is 0. The quantitative estimate of drug-likeness (QED) is 0.594. The zero-order valence-electron chi connectivity index (χ0n) is 17.1. The number of hydrogen-bond acceptors (Lipinski definition) is 5. The van der Waals surface area contributed by atoms with Crippen LogP contribution >= 0.6 is 0 Å². The molecule has 1 aromatic carbocycles. The number of benzene rings is 1. The first-order valence-electron chi connectivity index (χ1n) is 9.81. The molecule has 152 valence electrons. The summed E-state index contributed by atoms with van der Waals surface area (Å²) in [6.07, 6.45) is 3.87. The van der Waals surface area contributed by atoms with Gasteiger partial charge in [-0.2, -0.15) is 0 Å². The summed E-state index contributed by atoms with van der Waals surface area (Å²) in [5.41, 5.74) is 8.87. The predicted octanol–water partition coefficient (Wildman–Crippen LogP) is 5.32. The van der Waals surface area contributed by atoms with E-state index in [4.69, 9.17) is 14.9 Å². The second-order valence-electron chi connectivity index (χ2n) is 7.02. The second-order valence-corrected chi connectivity index (χ2v) is 7.02. The molecule has 2 aromatic heterocycles. The van der Waals surface area contributed by atoms with Crippen LogP contribution in [0, 0.1) is 0 Å². The summed E-state index contributed by atoms with van der Waals surface area (Å²) in [6, 6.07) is 9.33. The zero-order valence-corrected chi connectivity index (χ0v) is 17.1. The average molecular weight is 387 g/mol. The van der Waals surface area contributed by atoms with Crippen LogP contribution in [0.15, 0.2) is 40.9 Å². The van der Waals surface area contributed by atoms with E-state index in [0.29, 0.717) is 28.4 Å². The average Bonchev–Trinajstić information content (AvgIpc) is 3.09. The Bertz CT molecular complexity index is 845. The van der Waals surface area contributed by atoms with Crippen LogP contribution in [0.1, 0.15) is 46.1 Å². The van der Waals surface area contributed by atoms with Crippen LogP contribution in [0.2, 0.25) is 0 Å². The number of nitrogens with two attached hydrogens (primary N) is 1. The molecule has 0 aliphatic carbocycles. The number of nitrogens with zero attached hydrogens (tertiary/aromatic N) is 2. The Labute approximate surface area is 166 Å². The molecular weight excluding hydrogens is 357 g/mol. The highest BCUT2D eigenvalue weighted by molar-refractivity contribution is 5.77. The number of pyridine rings is 1. The van der Waals surface area contributed by atoms with Crippen LogP contribution in [0.5, 0.6) is 5.75 Å². The number of aryl methyl sites for hydroxylation is 1. The first-order chi connectivity index (χ1) is 13.4. The van der Waals surface area contributed by atoms with Crippen molar-refractivity contribution in [3.63, 3.8) is 0 Å². The minimum Gasteiger partial charge on any atom is -0.490 e. The van der Waals surface area contributed by atoms with Crippen molar-refractivity contribution in [3.05, 3.63) is 42.1 Å². The molecule has 28 heavy (non-hydrogen) atoms. The Morgan fingerprint density at radius 1 is 1.18 bits per heavy atom. The van der Waals surface area contributed by atoms with Gasteiger partial charge in [0.15, 0.2) is 5.58 Å². The summed E-state index contributed by atoms with van der Waals surface area (Å²) in [5.74, 6) is 1.00. The molecule has 0 saturated heterocycles. The smallest absolute Gasteiger partial charge is 0.246 e. The van der Waals surface area contributed by atoms with Gasteiger partial charge in [0, 0.05) is 18.3 Å². The van der Waals surface area contributed by atoms with E-state index in [9.17, 15) is 4.39 Å². The van der Waals surface area contributed by atoms with Gasteiger partial charge in [-0.15, -0.1) is 0 Å². The fraction of sp³-hybridized carbons (Fsp3) is 0.455. The van der Waals surface area contributed by atoms with Crippen LogP contribution in [-0.2, 0) is 6.42 Å². The van der Waals surface area contributed by atoms with Crippen molar-refractivity contribution in [2.45, 2.75) is 59.2 Å². The van der Waals surface area contributed by atoms with Gasteiger partial charge in [0.2, 0.25) is 5.89 Å². The molecule has 2 atom stereocenters. The highest BCUT2D eigenvalue weighted by Crippen LogP contribution is 2.26. The van der Waals surface area contributed by atoms with Crippen molar-refractivity contribution in [3.8, 4) is 17.3 Å². The maximum atomic E-state index is 12.9. The van der Waals surface area contributed by atoms with Gasteiger partial charge in [-0.1, -0.05) is 26.3 Å². The molecule has 0 fully saturated rings. The lowest BCUT2D eigenvalue weighted by Crippen LogP contribution is -2.15. The van der Waals surface area contributed by atoms with E-state index in [1.54, 1.807) is 18.2 Å². The van der Waals surface area contributed by atoms with Crippen LogP contribution in [-0.4, -0.2) is 28.8 Å². The molecule has 1 unspecified atom stereocenters. The Hall–Kier alpha value is -2.47. The third kappa shape index (κ3) is 6.60. The van der Waals surface area contributed by atoms with Crippen LogP contribution in [0.4, 0.5) is 4.39 Å². The van der Waals surface area contributed by atoms with Crippen molar-refractivity contribution in [2.75, 3.05) is 6.61 Å². The molecule has 0 radical (unpaired) electrons. The van der Waals surface area contributed by atoms with E-state index < -0.39 is 6.17 Å². The Morgan fingerprint density at radius 3 is 2.54 bits per heavy atom. The third-order valence-corrected chi connectivity index (χ3v) is 3.77. The van der Waals surface area contributed by atoms with Crippen LogP contribution in [0.25, 0.3) is 22.7 Å². The Kier molecular flexibility index (Phi) is 8.39. The van der Waals surface area contributed by atoms with Gasteiger partial charge in [0.25, 0.3) is 0 Å². The summed E-state index contributed by atoms with van der Waals surface area (Å²) in [6.45, 7) is 7.71. The molecule has 5 nitrogen and oxygen atoms in total. The van der Waals surface area contributed by atoms with E-state index in [-0.39, 0.29) is 12.6 Å². The van der Waals surface area contributed by atoms with Gasteiger partial charge in [-0.05, 0) is 50.5 Å². The SMILES string of the molecule is CC(F)COc1ccc2nc(-c3ccc(CC[C@H](C)N)cn3)oc2c1.CCC.